The quantitative estimate of drug-likeness (QED) is 0.858. The van der Waals surface area contributed by atoms with Crippen LogP contribution in [0.1, 0.15) is 32.8 Å². The van der Waals surface area contributed by atoms with Crippen molar-refractivity contribution in [3.8, 4) is 0 Å². The highest BCUT2D eigenvalue weighted by atomic mass is 19.4. The highest BCUT2D eigenvalue weighted by molar-refractivity contribution is 5.13. The van der Waals surface area contributed by atoms with Crippen LogP contribution in [0.2, 0.25) is 0 Å². The Labute approximate surface area is 110 Å². The van der Waals surface area contributed by atoms with Crippen LogP contribution in [-0.4, -0.2) is 16.7 Å². The summed E-state index contributed by atoms with van der Waals surface area (Å²) >= 11 is 0. The molecular formula is C13H19F3N2O. The van der Waals surface area contributed by atoms with Crippen LogP contribution in [0.25, 0.3) is 0 Å². The molecule has 1 N–H and O–H groups in total. The van der Waals surface area contributed by atoms with Crippen LogP contribution in [0.15, 0.2) is 23.1 Å². The van der Waals surface area contributed by atoms with Crippen molar-refractivity contribution >= 4 is 0 Å². The van der Waals surface area contributed by atoms with Crippen LogP contribution in [0.5, 0.6) is 0 Å². The second-order valence-electron chi connectivity index (χ2n) is 5.48. The minimum atomic E-state index is -4.42. The summed E-state index contributed by atoms with van der Waals surface area (Å²) in [5.74, 6) is 0. The Bertz CT molecular complexity index is 472. The van der Waals surface area contributed by atoms with Gasteiger partial charge < -0.3 is 9.88 Å². The van der Waals surface area contributed by atoms with Gasteiger partial charge in [-0.3, -0.25) is 4.79 Å². The first-order valence-electron chi connectivity index (χ1n) is 6.12. The molecule has 19 heavy (non-hydrogen) atoms. The summed E-state index contributed by atoms with van der Waals surface area (Å²) in [5, 5.41) is 3.22. The zero-order valence-electron chi connectivity index (χ0n) is 11.3. The molecule has 0 radical (unpaired) electrons. The molecular weight excluding hydrogens is 257 g/mol. The number of hydrogen-bond donors (Lipinski definition) is 1. The number of hydrogen-bond acceptors (Lipinski definition) is 2. The maximum Gasteiger partial charge on any atom is 0.417 e. The molecule has 0 unspecified atom stereocenters. The highest BCUT2D eigenvalue weighted by Gasteiger charge is 2.30. The van der Waals surface area contributed by atoms with Crippen LogP contribution < -0.4 is 10.9 Å². The van der Waals surface area contributed by atoms with E-state index in [1.54, 1.807) is 0 Å². The summed E-state index contributed by atoms with van der Waals surface area (Å²) in [6.07, 6.45) is -2.95. The molecule has 1 aromatic rings. The topological polar surface area (TPSA) is 34.0 Å². The molecule has 0 saturated carbocycles. The van der Waals surface area contributed by atoms with Gasteiger partial charge in [-0.05, 0) is 39.8 Å². The second kappa shape index (κ2) is 5.77. The highest BCUT2D eigenvalue weighted by Crippen LogP contribution is 2.27. The number of aromatic nitrogens is 1. The van der Waals surface area contributed by atoms with Gasteiger partial charge in [0.05, 0.1) is 5.56 Å². The molecule has 0 spiro atoms. The Morgan fingerprint density at radius 3 is 2.37 bits per heavy atom. The Morgan fingerprint density at radius 2 is 1.84 bits per heavy atom. The molecule has 0 aromatic carbocycles. The SMILES string of the molecule is CC(C)(C)NCCCn1cc(C(F)(F)F)ccc1=O. The van der Waals surface area contributed by atoms with E-state index in [0.717, 1.165) is 22.9 Å². The van der Waals surface area contributed by atoms with Gasteiger partial charge in [-0.2, -0.15) is 13.2 Å². The monoisotopic (exact) mass is 276 g/mol. The molecule has 0 saturated heterocycles. The van der Waals surface area contributed by atoms with Crippen LogP contribution in [0.4, 0.5) is 13.2 Å². The van der Waals surface area contributed by atoms with Crippen LogP contribution in [0, 0.1) is 0 Å². The normalized spacial score (nSPS) is 12.7. The predicted octanol–water partition coefficient (Wildman–Crippen LogP) is 2.65. The summed E-state index contributed by atoms with van der Waals surface area (Å²) in [7, 11) is 0. The van der Waals surface area contributed by atoms with E-state index >= 15 is 0 Å². The fourth-order valence-corrected chi connectivity index (χ4v) is 1.59. The zero-order valence-corrected chi connectivity index (χ0v) is 11.3. The van der Waals surface area contributed by atoms with Crippen LogP contribution in [0.3, 0.4) is 0 Å². The smallest absolute Gasteiger partial charge is 0.315 e. The number of aryl methyl sites for hydroxylation is 1. The molecule has 0 aliphatic rings. The number of nitrogens with one attached hydrogen (secondary N) is 1. The lowest BCUT2D eigenvalue weighted by molar-refractivity contribution is -0.138. The van der Waals surface area contributed by atoms with Crippen molar-refractivity contribution in [1.29, 1.82) is 0 Å². The Kier molecular flexibility index (Phi) is 4.79. The van der Waals surface area contributed by atoms with E-state index in [2.05, 4.69) is 5.32 Å². The number of pyridine rings is 1. The van der Waals surface area contributed by atoms with E-state index in [1.165, 1.54) is 0 Å². The van der Waals surface area contributed by atoms with Gasteiger partial charge in [0.1, 0.15) is 0 Å². The van der Waals surface area contributed by atoms with Crippen molar-refractivity contribution in [2.24, 2.45) is 0 Å². The van der Waals surface area contributed by atoms with Crippen LogP contribution >= 0.6 is 0 Å². The van der Waals surface area contributed by atoms with Crippen molar-refractivity contribution in [1.82, 2.24) is 9.88 Å². The fraction of sp³-hybridized carbons (Fsp3) is 0.615. The summed E-state index contributed by atoms with van der Waals surface area (Å²) < 4.78 is 38.7. The zero-order chi connectivity index (χ0) is 14.7. The Morgan fingerprint density at radius 1 is 1.21 bits per heavy atom. The van der Waals surface area contributed by atoms with Crippen LogP contribution in [-0.2, 0) is 12.7 Å². The van der Waals surface area contributed by atoms with Gasteiger partial charge in [-0.1, -0.05) is 0 Å². The predicted molar refractivity (Wildman–Crippen MR) is 68.1 cm³/mol. The van der Waals surface area contributed by atoms with Gasteiger partial charge in [-0.25, -0.2) is 0 Å². The molecule has 0 aliphatic heterocycles. The standard InChI is InChI=1S/C13H19F3N2O/c1-12(2,3)17-7-4-8-18-9-10(13(14,15)16)5-6-11(18)19/h5-6,9,17H,4,7-8H2,1-3H3. The average molecular weight is 276 g/mol. The first kappa shape index (κ1) is 15.8. The minimum Gasteiger partial charge on any atom is -0.315 e. The molecule has 1 aromatic heterocycles. The van der Waals surface area contributed by atoms with Crippen molar-refractivity contribution in [2.45, 2.75) is 45.5 Å². The number of rotatable bonds is 4. The van der Waals surface area contributed by atoms with Gasteiger partial charge >= 0.3 is 6.18 Å². The van der Waals surface area contributed by atoms with Crippen molar-refractivity contribution in [3.63, 3.8) is 0 Å². The Hall–Kier alpha value is -1.30. The van der Waals surface area contributed by atoms with Gasteiger partial charge in [-0.15, -0.1) is 0 Å². The molecule has 0 fully saturated rings. The summed E-state index contributed by atoms with van der Waals surface area (Å²) in [4.78, 5) is 11.5. The van der Waals surface area contributed by atoms with Gasteiger partial charge in [0.15, 0.2) is 0 Å². The minimum absolute atomic E-state index is 0.0429. The molecule has 108 valence electrons. The van der Waals surface area contributed by atoms with Gasteiger partial charge in [0.2, 0.25) is 0 Å². The first-order valence-corrected chi connectivity index (χ1v) is 6.12. The number of halogens is 3. The van der Waals surface area contributed by atoms with Gasteiger partial charge in [0.25, 0.3) is 5.56 Å². The van der Waals surface area contributed by atoms with E-state index in [0.29, 0.717) is 13.0 Å². The number of nitrogens with zero attached hydrogens (tertiary/aromatic N) is 1. The third-order valence-electron chi connectivity index (χ3n) is 2.54. The van der Waals surface area contributed by atoms with E-state index in [9.17, 15) is 18.0 Å². The lowest BCUT2D eigenvalue weighted by Crippen LogP contribution is -2.37. The summed E-state index contributed by atoms with van der Waals surface area (Å²) in [6, 6.07) is 1.77. The molecule has 1 heterocycles. The summed E-state index contributed by atoms with van der Waals surface area (Å²) in [5.41, 5.74) is -1.25. The van der Waals surface area contributed by atoms with Crippen molar-refractivity contribution in [3.05, 3.63) is 34.2 Å². The van der Waals surface area contributed by atoms with Crippen molar-refractivity contribution in [2.75, 3.05) is 6.54 Å². The first-order chi connectivity index (χ1) is 8.59. The molecule has 0 aliphatic carbocycles. The largest absolute Gasteiger partial charge is 0.417 e. The fourth-order valence-electron chi connectivity index (χ4n) is 1.59. The summed E-state index contributed by atoms with van der Waals surface area (Å²) in [6.45, 7) is 6.92. The maximum absolute atomic E-state index is 12.5. The molecule has 1 rings (SSSR count). The molecule has 0 atom stereocenters. The molecule has 0 amide bonds. The van der Waals surface area contributed by atoms with E-state index in [4.69, 9.17) is 0 Å². The van der Waals surface area contributed by atoms with E-state index in [-0.39, 0.29) is 12.1 Å². The number of alkyl halides is 3. The maximum atomic E-state index is 12.5. The lowest BCUT2D eigenvalue weighted by Gasteiger charge is -2.20. The molecule has 6 heteroatoms. The van der Waals surface area contributed by atoms with E-state index < -0.39 is 17.3 Å². The lowest BCUT2D eigenvalue weighted by atomic mass is 10.1. The third-order valence-corrected chi connectivity index (χ3v) is 2.54. The van der Waals surface area contributed by atoms with E-state index in [1.807, 2.05) is 20.8 Å². The van der Waals surface area contributed by atoms with Crippen molar-refractivity contribution < 1.29 is 13.2 Å². The second-order valence-corrected chi connectivity index (χ2v) is 5.48. The molecule has 3 nitrogen and oxygen atoms in total. The Balaban J connectivity index is 2.66. The third kappa shape index (κ3) is 5.46. The molecule has 0 bridgehead atoms. The average Bonchev–Trinajstić information content (AvgIpc) is 2.23. The van der Waals surface area contributed by atoms with Gasteiger partial charge in [0, 0.05) is 24.3 Å².